The maximum Gasteiger partial charge on any atom is 0.243 e. The van der Waals surface area contributed by atoms with E-state index in [1.165, 1.54) is 22.0 Å². The second-order valence-corrected chi connectivity index (χ2v) is 9.73. The van der Waals surface area contributed by atoms with E-state index in [2.05, 4.69) is 5.32 Å². The Labute approximate surface area is 169 Å². The van der Waals surface area contributed by atoms with Crippen molar-refractivity contribution >= 4 is 27.3 Å². The lowest BCUT2D eigenvalue weighted by Crippen LogP contribution is -2.39. The molecule has 1 aromatic heterocycles. The maximum absolute atomic E-state index is 13.1. The highest BCUT2D eigenvalue weighted by Crippen LogP contribution is 2.18. The van der Waals surface area contributed by atoms with Gasteiger partial charge < -0.3 is 5.32 Å². The summed E-state index contributed by atoms with van der Waals surface area (Å²) in [6.07, 6.45) is 0.637. The van der Waals surface area contributed by atoms with E-state index in [4.69, 9.17) is 0 Å². The largest absolute Gasteiger partial charge is 0.350 e. The minimum absolute atomic E-state index is 0.0670. The quantitative estimate of drug-likeness (QED) is 0.771. The van der Waals surface area contributed by atoms with Crippen molar-refractivity contribution in [1.29, 1.82) is 0 Å². The molecule has 2 heterocycles. The first kappa shape index (κ1) is 20.9. The summed E-state index contributed by atoms with van der Waals surface area (Å²) in [4.78, 5) is 15.4. The number of halogens is 1. The Hall–Kier alpha value is -1.81. The Bertz CT molecular complexity index is 913. The average molecular weight is 426 g/mol. The highest BCUT2D eigenvalue weighted by molar-refractivity contribution is 7.89. The summed E-state index contributed by atoms with van der Waals surface area (Å²) in [7, 11) is -3.66. The molecule has 1 aromatic carbocycles. The fourth-order valence-corrected chi connectivity index (χ4v) is 5.44. The Kier molecular flexibility index (Phi) is 6.82. The molecule has 152 valence electrons. The summed E-state index contributed by atoms with van der Waals surface area (Å²) < 4.78 is 40.0. The normalized spacial score (nSPS) is 16.6. The van der Waals surface area contributed by atoms with Crippen molar-refractivity contribution in [3.8, 4) is 0 Å². The zero-order chi connectivity index (χ0) is 20.1. The number of benzene rings is 1. The number of sulfonamides is 1. The van der Waals surface area contributed by atoms with Crippen molar-refractivity contribution in [1.82, 2.24) is 14.5 Å². The Morgan fingerprint density at radius 2 is 1.89 bits per heavy atom. The number of rotatable bonds is 6. The number of nitrogens with zero attached hydrogens (tertiary/aromatic N) is 2. The predicted octanol–water partition coefficient (Wildman–Crippen LogP) is 2.21. The van der Waals surface area contributed by atoms with Gasteiger partial charge in [-0.3, -0.25) is 9.69 Å². The molecule has 0 spiro atoms. The number of thiophene rings is 1. The fourth-order valence-electron chi connectivity index (χ4n) is 3.12. The molecule has 6 nitrogen and oxygen atoms in total. The molecule has 3 rings (SSSR count). The minimum atomic E-state index is -3.66. The highest BCUT2D eigenvalue weighted by atomic mass is 32.2. The number of nitrogens with one attached hydrogen (secondary N) is 1. The van der Waals surface area contributed by atoms with Crippen LogP contribution in [0.3, 0.4) is 0 Å². The van der Waals surface area contributed by atoms with Crippen molar-refractivity contribution in [2.24, 2.45) is 0 Å². The van der Waals surface area contributed by atoms with Gasteiger partial charge in [-0.15, -0.1) is 11.3 Å². The van der Waals surface area contributed by atoms with Crippen LogP contribution in [0.15, 0.2) is 40.6 Å². The first-order valence-corrected chi connectivity index (χ1v) is 11.5. The summed E-state index contributed by atoms with van der Waals surface area (Å²) in [6.45, 7) is 4.59. The van der Waals surface area contributed by atoms with Crippen LogP contribution in [0.4, 0.5) is 4.39 Å². The van der Waals surface area contributed by atoms with E-state index in [0.29, 0.717) is 39.1 Å². The van der Waals surface area contributed by atoms with Crippen LogP contribution in [-0.2, 0) is 21.4 Å². The molecule has 1 saturated heterocycles. The number of hydrogen-bond donors (Lipinski definition) is 1. The van der Waals surface area contributed by atoms with Gasteiger partial charge in [0.05, 0.1) is 18.0 Å². The zero-order valence-electron chi connectivity index (χ0n) is 15.7. The topological polar surface area (TPSA) is 69.7 Å². The molecule has 1 aliphatic heterocycles. The molecule has 0 saturated carbocycles. The third kappa shape index (κ3) is 5.16. The lowest BCUT2D eigenvalue weighted by molar-refractivity contribution is -0.122. The first-order valence-electron chi connectivity index (χ1n) is 9.14. The number of amides is 1. The van der Waals surface area contributed by atoms with Crippen LogP contribution in [-0.4, -0.2) is 56.3 Å². The summed E-state index contributed by atoms with van der Waals surface area (Å²) >= 11 is 1.62. The van der Waals surface area contributed by atoms with Crippen LogP contribution < -0.4 is 5.32 Å². The fraction of sp³-hybridized carbons (Fsp3) is 0.421. The molecule has 1 fully saturated rings. The summed E-state index contributed by atoms with van der Waals surface area (Å²) in [6, 6.07) is 6.89. The van der Waals surface area contributed by atoms with Gasteiger partial charge in [-0.1, -0.05) is 0 Å². The molecule has 28 heavy (non-hydrogen) atoms. The third-order valence-electron chi connectivity index (χ3n) is 4.78. The third-order valence-corrected chi connectivity index (χ3v) is 7.72. The van der Waals surface area contributed by atoms with Crippen molar-refractivity contribution in [2.45, 2.75) is 24.8 Å². The minimum Gasteiger partial charge on any atom is -0.350 e. The van der Waals surface area contributed by atoms with E-state index >= 15 is 0 Å². The van der Waals surface area contributed by atoms with Crippen LogP contribution in [0.2, 0.25) is 0 Å². The SMILES string of the molecule is Cc1ccsc1CNC(=O)CN1CCCN(S(=O)(=O)c2ccc(F)cc2)CC1. The molecular weight excluding hydrogens is 401 g/mol. The van der Waals surface area contributed by atoms with Crippen molar-refractivity contribution in [3.05, 3.63) is 52.0 Å². The van der Waals surface area contributed by atoms with E-state index in [9.17, 15) is 17.6 Å². The van der Waals surface area contributed by atoms with Crippen molar-refractivity contribution in [2.75, 3.05) is 32.7 Å². The van der Waals surface area contributed by atoms with E-state index in [1.807, 2.05) is 23.3 Å². The van der Waals surface area contributed by atoms with Crippen LogP contribution in [0.5, 0.6) is 0 Å². The Morgan fingerprint density at radius 1 is 1.14 bits per heavy atom. The van der Waals surface area contributed by atoms with Gasteiger partial charge >= 0.3 is 0 Å². The molecule has 0 unspecified atom stereocenters. The zero-order valence-corrected chi connectivity index (χ0v) is 17.4. The smallest absolute Gasteiger partial charge is 0.243 e. The molecule has 2 aromatic rings. The highest BCUT2D eigenvalue weighted by Gasteiger charge is 2.27. The van der Waals surface area contributed by atoms with Crippen LogP contribution in [0.25, 0.3) is 0 Å². The first-order chi connectivity index (χ1) is 13.4. The van der Waals surface area contributed by atoms with E-state index in [0.717, 1.165) is 17.0 Å². The lowest BCUT2D eigenvalue weighted by Gasteiger charge is -2.21. The summed E-state index contributed by atoms with van der Waals surface area (Å²) in [5, 5.41) is 4.93. The van der Waals surface area contributed by atoms with Gasteiger partial charge in [-0.2, -0.15) is 4.31 Å². The lowest BCUT2D eigenvalue weighted by atomic mass is 10.3. The van der Waals surface area contributed by atoms with E-state index in [1.54, 1.807) is 11.3 Å². The summed E-state index contributed by atoms with van der Waals surface area (Å²) in [5.41, 5.74) is 1.17. The van der Waals surface area contributed by atoms with Gasteiger partial charge in [-0.25, -0.2) is 12.8 Å². The van der Waals surface area contributed by atoms with Gasteiger partial charge in [0, 0.05) is 24.5 Å². The molecule has 9 heteroatoms. The Morgan fingerprint density at radius 3 is 2.57 bits per heavy atom. The van der Waals surface area contributed by atoms with Crippen molar-refractivity contribution < 1.29 is 17.6 Å². The Balaban J connectivity index is 1.53. The second kappa shape index (κ2) is 9.13. The van der Waals surface area contributed by atoms with Gasteiger partial charge in [-0.05, 0) is 61.2 Å². The molecule has 0 aliphatic carbocycles. The molecule has 0 atom stereocenters. The molecular formula is C19H24FN3O3S2. The number of hydrogen-bond acceptors (Lipinski definition) is 5. The molecule has 1 aliphatic rings. The van der Waals surface area contributed by atoms with Gasteiger partial charge in [0.25, 0.3) is 0 Å². The average Bonchev–Trinajstić information content (AvgIpc) is 2.92. The van der Waals surface area contributed by atoms with Crippen LogP contribution in [0, 0.1) is 12.7 Å². The van der Waals surface area contributed by atoms with E-state index < -0.39 is 15.8 Å². The van der Waals surface area contributed by atoms with Crippen LogP contribution >= 0.6 is 11.3 Å². The van der Waals surface area contributed by atoms with Crippen LogP contribution in [0.1, 0.15) is 16.9 Å². The van der Waals surface area contributed by atoms with Gasteiger partial charge in [0.2, 0.25) is 15.9 Å². The number of aryl methyl sites for hydroxylation is 1. The molecule has 1 N–H and O–H groups in total. The van der Waals surface area contributed by atoms with Gasteiger partial charge in [0.15, 0.2) is 0 Å². The summed E-state index contributed by atoms with van der Waals surface area (Å²) in [5.74, 6) is -0.535. The number of carbonyl (C=O) groups is 1. The second-order valence-electron chi connectivity index (χ2n) is 6.79. The molecule has 0 radical (unpaired) electrons. The monoisotopic (exact) mass is 425 g/mol. The maximum atomic E-state index is 13.1. The molecule has 0 bridgehead atoms. The predicted molar refractivity (Wildman–Crippen MR) is 107 cm³/mol. The standard InChI is InChI=1S/C19H24FN3O3S2/c1-15-7-12-27-18(15)13-21-19(24)14-22-8-2-9-23(11-10-22)28(25,26)17-5-3-16(20)4-6-17/h3-7,12H,2,8-11,13-14H2,1H3,(H,21,24). The van der Waals surface area contributed by atoms with Crippen molar-refractivity contribution in [3.63, 3.8) is 0 Å². The number of carbonyl (C=O) groups excluding carboxylic acids is 1. The van der Waals surface area contributed by atoms with E-state index in [-0.39, 0.29) is 17.3 Å². The van der Waals surface area contributed by atoms with Gasteiger partial charge in [0.1, 0.15) is 5.82 Å². The molecule has 1 amide bonds.